The predicted octanol–water partition coefficient (Wildman–Crippen LogP) is 5.06. The molecule has 0 spiro atoms. The van der Waals surface area contributed by atoms with Crippen molar-refractivity contribution in [3.8, 4) is 5.75 Å². The smallest absolute Gasteiger partial charge is 0.456 e. The third-order valence-electron chi connectivity index (χ3n) is 3.02. The second-order valence-corrected chi connectivity index (χ2v) is 5.80. The Morgan fingerprint density at radius 2 is 1.87 bits per heavy atom. The van der Waals surface area contributed by atoms with Crippen LogP contribution in [0, 0.1) is 0 Å². The highest BCUT2D eigenvalue weighted by Crippen LogP contribution is 2.36. The summed E-state index contributed by atoms with van der Waals surface area (Å²) in [6.45, 7) is -1.85. The van der Waals surface area contributed by atoms with Gasteiger partial charge in [0.05, 0.1) is 11.9 Å². The van der Waals surface area contributed by atoms with E-state index < -0.39 is 24.9 Å². The van der Waals surface area contributed by atoms with Crippen molar-refractivity contribution in [1.82, 2.24) is 4.98 Å². The largest absolute Gasteiger partial charge is 0.485 e. The molecule has 23 heavy (non-hydrogen) atoms. The molecule has 1 aromatic rings. The summed E-state index contributed by atoms with van der Waals surface area (Å²) in [4.78, 5) is 3.84. The molecule has 1 aromatic heterocycles. The zero-order valence-corrected chi connectivity index (χ0v) is 13.0. The van der Waals surface area contributed by atoms with E-state index in [0.29, 0.717) is 10.1 Å². The van der Waals surface area contributed by atoms with Gasteiger partial charge in [0.1, 0.15) is 11.9 Å². The van der Waals surface area contributed by atoms with Crippen molar-refractivity contribution in [2.24, 2.45) is 0 Å². The van der Waals surface area contributed by atoms with Gasteiger partial charge in [0.25, 0.3) is 0 Å². The minimum absolute atomic E-state index is 0.142. The Labute approximate surface area is 136 Å². The Morgan fingerprint density at radius 1 is 1.17 bits per heavy atom. The Morgan fingerprint density at radius 3 is 2.39 bits per heavy atom. The standard InChI is InChI=1S/C14H10BrF6NO/c15-8-1-3-10(11(16)5-8)12-4-2-9(6-22-12)23-7-13(17,18)14(19,20)21/h1-4,6,11H,5,7H2/t11-/m0/s1. The van der Waals surface area contributed by atoms with Crippen molar-refractivity contribution in [2.75, 3.05) is 6.61 Å². The van der Waals surface area contributed by atoms with Gasteiger partial charge < -0.3 is 4.74 Å². The van der Waals surface area contributed by atoms with Gasteiger partial charge in [-0.05, 0) is 16.6 Å². The van der Waals surface area contributed by atoms with Crippen molar-refractivity contribution >= 4 is 21.5 Å². The third-order valence-corrected chi connectivity index (χ3v) is 3.61. The average molecular weight is 402 g/mol. The van der Waals surface area contributed by atoms with Gasteiger partial charge in [-0.25, -0.2) is 4.39 Å². The molecule has 1 heterocycles. The quantitative estimate of drug-likeness (QED) is 0.657. The van der Waals surface area contributed by atoms with Gasteiger partial charge >= 0.3 is 12.1 Å². The third kappa shape index (κ3) is 4.27. The molecule has 0 saturated heterocycles. The van der Waals surface area contributed by atoms with E-state index in [4.69, 9.17) is 0 Å². The van der Waals surface area contributed by atoms with Crippen LogP contribution < -0.4 is 4.74 Å². The van der Waals surface area contributed by atoms with Gasteiger partial charge in [0, 0.05) is 12.0 Å². The first kappa shape index (κ1) is 17.8. The summed E-state index contributed by atoms with van der Waals surface area (Å²) >= 11 is 3.17. The second kappa shape index (κ2) is 6.54. The molecule has 0 N–H and O–H groups in total. The van der Waals surface area contributed by atoms with E-state index in [9.17, 15) is 26.3 Å². The van der Waals surface area contributed by atoms with Crippen LogP contribution in [0.1, 0.15) is 12.1 Å². The van der Waals surface area contributed by atoms with Crippen LogP contribution in [0.3, 0.4) is 0 Å². The van der Waals surface area contributed by atoms with E-state index in [-0.39, 0.29) is 17.9 Å². The van der Waals surface area contributed by atoms with Gasteiger partial charge in [-0.1, -0.05) is 28.1 Å². The second-order valence-electron chi connectivity index (χ2n) is 4.78. The summed E-state index contributed by atoms with van der Waals surface area (Å²) in [7, 11) is 0. The molecule has 0 radical (unpaired) electrons. The van der Waals surface area contributed by atoms with E-state index in [1.807, 2.05) is 0 Å². The number of hydrogen-bond donors (Lipinski definition) is 0. The number of pyridine rings is 1. The Bertz CT molecular complexity index is 623. The summed E-state index contributed by atoms with van der Waals surface area (Å²) in [5, 5.41) is 0. The van der Waals surface area contributed by atoms with Crippen molar-refractivity contribution in [3.05, 3.63) is 40.7 Å². The number of hydrogen-bond acceptors (Lipinski definition) is 2. The highest BCUT2D eigenvalue weighted by atomic mass is 79.9. The number of aromatic nitrogens is 1. The summed E-state index contributed by atoms with van der Waals surface area (Å²) < 4.78 is 80.5. The number of rotatable bonds is 4. The van der Waals surface area contributed by atoms with Crippen LogP contribution in [0.4, 0.5) is 26.3 Å². The van der Waals surface area contributed by atoms with Gasteiger partial charge in [-0.3, -0.25) is 4.98 Å². The molecule has 0 aromatic carbocycles. The molecule has 1 aliphatic rings. The lowest BCUT2D eigenvalue weighted by Gasteiger charge is -2.20. The first-order valence-electron chi connectivity index (χ1n) is 6.34. The van der Waals surface area contributed by atoms with Crippen molar-refractivity contribution in [2.45, 2.75) is 24.7 Å². The Kier molecular flexibility index (Phi) is 5.07. The topological polar surface area (TPSA) is 22.1 Å². The fourth-order valence-corrected chi connectivity index (χ4v) is 2.19. The van der Waals surface area contributed by atoms with Crippen molar-refractivity contribution < 1.29 is 31.1 Å². The molecule has 0 unspecified atom stereocenters. The van der Waals surface area contributed by atoms with Crippen LogP contribution in [-0.2, 0) is 0 Å². The number of allylic oxidation sites excluding steroid dienone is 4. The molecule has 2 nitrogen and oxygen atoms in total. The molecule has 0 saturated carbocycles. The van der Waals surface area contributed by atoms with E-state index in [1.165, 1.54) is 12.1 Å². The van der Waals surface area contributed by atoms with E-state index in [0.717, 1.165) is 12.3 Å². The van der Waals surface area contributed by atoms with Crippen LogP contribution in [0.2, 0.25) is 0 Å². The number of alkyl halides is 6. The zero-order chi connectivity index (χ0) is 17.3. The van der Waals surface area contributed by atoms with Crippen LogP contribution in [0.15, 0.2) is 35.0 Å². The van der Waals surface area contributed by atoms with Crippen LogP contribution in [-0.4, -0.2) is 29.9 Å². The lowest BCUT2D eigenvalue weighted by Crippen LogP contribution is -2.41. The van der Waals surface area contributed by atoms with Gasteiger partial charge in [0.15, 0.2) is 6.61 Å². The van der Waals surface area contributed by atoms with Gasteiger partial charge in [-0.15, -0.1) is 0 Å². The number of halogens is 7. The molecular formula is C14H10BrF6NO. The minimum atomic E-state index is -5.69. The Balaban J connectivity index is 2.06. The summed E-state index contributed by atoms with van der Waals surface area (Å²) in [5.41, 5.74) is 0.545. The van der Waals surface area contributed by atoms with Gasteiger partial charge in [0.2, 0.25) is 0 Å². The average Bonchev–Trinajstić information content (AvgIpc) is 2.45. The summed E-state index contributed by atoms with van der Waals surface area (Å²) in [6.07, 6.45) is -2.69. The highest BCUT2D eigenvalue weighted by molar-refractivity contribution is 9.11. The number of nitrogens with zero attached hydrogens (tertiary/aromatic N) is 1. The maximum absolute atomic E-state index is 13.9. The highest BCUT2D eigenvalue weighted by Gasteiger charge is 2.58. The van der Waals surface area contributed by atoms with Crippen molar-refractivity contribution in [1.29, 1.82) is 0 Å². The molecule has 0 fully saturated rings. The van der Waals surface area contributed by atoms with Crippen molar-refractivity contribution in [3.63, 3.8) is 0 Å². The minimum Gasteiger partial charge on any atom is -0.485 e. The fraction of sp³-hybridized carbons (Fsp3) is 0.357. The van der Waals surface area contributed by atoms with Crippen LogP contribution in [0.5, 0.6) is 5.75 Å². The first-order valence-corrected chi connectivity index (χ1v) is 7.13. The lowest BCUT2D eigenvalue weighted by molar-refractivity contribution is -0.290. The van der Waals surface area contributed by atoms with Gasteiger partial charge in [-0.2, -0.15) is 22.0 Å². The predicted molar refractivity (Wildman–Crippen MR) is 75.2 cm³/mol. The maximum atomic E-state index is 13.9. The number of ether oxygens (including phenoxy) is 1. The molecule has 0 amide bonds. The molecule has 9 heteroatoms. The molecule has 0 aliphatic heterocycles. The normalized spacial score (nSPS) is 19.2. The van der Waals surface area contributed by atoms with Crippen LogP contribution >= 0.6 is 15.9 Å². The van der Waals surface area contributed by atoms with E-state index in [2.05, 4.69) is 25.7 Å². The molecule has 126 valence electrons. The molecule has 1 atom stereocenters. The molecule has 1 aliphatic carbocycles. The molecule has 0 bridgehead atoms. The molecular weight excluding hydrogens is 392 g/mol. The molecule has 2 rings (SSSR count). The van der Waals surface area contributed by atoms with E-state index in [1.54, 1.807) is 6.08 Å². The fourth-order valence-electron chi connectivity index (χ4n) is 1.77. The SMILES string of the molecule is F[C@H]1CC(Br)=CC=C1c1ccc(OCC(F)(F)C(F)(F)F)cn1. The first-order chi connectivity index (χ1) is 10.6. The summed E-state index contributed by atoms with van der Waals surface area (Å²) in [6, 6.07) is 2.46. The van der Waals surface area contributed by atoms with E-state index >= 15 is 0 Å². The Hall–Kier alpha value is -1.51. The lowest BCUT2D eigenvalue weighted by atomic mass is 9.99. The maximum Gasteiger partial charge on any atom is 0.456 e. The van der Waals surface area contributed by atoms with Crippen LogP contribution in [0.25, 0.3) is 5.57 Å². The monoisotopic (exact) mass is 401 g/mol. The summed E-state index contributed by atoms with van der Waals surface area (Å²) in [5.74, 6) is -5.22. The zero-order valence-electron chi connectivity index (χ0n) is 11.4.